The van der Waals surface area contributed by atoms with Gasteiger partial charge in [0.1, 0.15) is 22.0 Å². The van der Waals surface area contributed by atoms with Gasteiger partial charge in [-0.1, -0.05) is 35.1 Å². The Labute approximate surface area is 198 Å². The van der Waals surface area contributed by atoms with E-state index < -0.39 is 0 Å². The molecule has 0 bridgehead atoms. The Balaban J connectivity index is 1.35. The number of hydrogen-bond acceptors (Lipinski definition) is 8. The number of rotatable bonds is 6. The van der Waals surface area contributed by atoms with Crippen LogP contribution in [0.2, 0.25) is 0 Å². The molecule has 7 nitrogen and oxygen atoms in total. The molecule has 170 valence electrons. The Hall–Kier alpha value is -3.07. The number of nitrogens with one attached hydrogen (secondary N) is 2. The summed E-state index contributed by atoms with van der Waals surface area (Å²) in [6.45, 7) is 9.40. The van der Waals surface area contributed by atoms with Gasteiger partial charge in [-0.2, -0.15) is 0 Å². The number of aryl methyl sites for hydroxylation is 2. The van der Waals surface area contributed by atoms with E-state index in [4.69, 9.17) is 9.97 Å². The zero-order valence-corrected chi connectivity index (χ0v) is 20.1. The van der Waals surface area contributed by atoms with E-state index in [0.29, 0.717) is 0 Å². The topological polar surface area (TPSA) is 69.2 Å². The Kier molecular flexibility index (Phi) is 6.22. The number of benzene rings is 1. The lowest BCUT2D eigenvalue weighted by Crippen LogP contribution is -2.43. The Morgan fingerprint density at radius 1 is 0.970 bits per heavy atom. The van der Waals surface area contributed by atoms with E-state index in [0.717, 1.165) is 71.1 Å². The summed E-state index contributed by atoms with van der Waals surface area (Å²) in [6.07, 6.45) is 1.83. The lowest BCUT2D eigenvalue weighted by atomic mass is 10.2. The largest absolute Gasteiger partial charge is 0.340 e. The molecule has 8 heteroatoms. The number of nitrogens with zero attached hydrogens (tertiary/aromatic N) is 5. The molecule has 4 aromatic rings. The van der Waals surface area contributed by atoms with Gasteiger partial charge in [0.2, 0.25) is 0 Å². The van der Waals surface area contributed by atoms with Crippen molar-refractivity contribution in [1.82, 2.24) is 24.8 Å². The van der Waals surface area contributed by atoms with Crippen LogP contribution >= 0.6 is 11.3 Å². The SMILES string of the molecule is Cc1ccc(Nc2cc(C)c3nc(Nc4ncccc4CN4CCN(C)CC4)sc3n2)cc1. The van der Waals surface area contributed by atoms with Crippen LogP contribution in [-0.4, -0.2) is 58.0 Å². The van der Waals surface area contributed by atoms with Crippen molar-refractivity contribution in [2.75, 3.05) is 43.9 Å². The summed E-state index contributed by atoms with van der Waals surface area (Å²) in [5.41, 5.74) is 5.47. The van der Waals surface area contributed by atoms with E-state index in [1.54, 1.807) is 11.3 Å². The third kappa shape index (κ3) is 5.13. The summed E-state index contributed by atoms with van der Waals surface area (Å²) in [5, 5.41) is 7.68. The molecule has 1 aromatic carbocycles. The average molecular weight is 460 g/mol. The molecule has 33 heavy (non-hydrogen) atoms. The fraction of sp³-hybridized carbons (Fsp3) is 0.320. The second-order valence-corrected chi connectivity index (χ2v) is 9.68. The predicted octanol–water partition coefficient (Wildman–Crippen LogP) is 4.94. The number of anilines is 4. The van der Waals surface area contributed by atoms with Gasteiger partial charge >= 0.3 is 0 Å². The molecule has 4 heterocycles. The van der Waals surface area contributed by atoms with Crippen molar-refractivity contribution in [3.8, 4) is 0 Å². The van der Waals surface area contributed by atoms with Crippen LogP contribution < -0.4 is 10.6 Å². The molecule has 3 aromatic heterocycles. The molecule has 1 saturated heterocycles. The van der Waals surface area contributed by atoms with Crippen molar-refractivity contribution < 1.29 is 0 Å². The van der Waals surface area contributed by atoms with E-state index in [9.17, 15) is 0 Å². The summed E-state index contributed by atoms with van der Waals surface area (Å²) in [5.74, 6) is 1.69. The maximum absolute atomic E-state index is 4.82. The highest BCUT2D eigenvalue weighted by atomic mass is 32.1. The van der Waals surface area contributed by atoms with Crippen LogP contribution in [0.15, 0.2) is 48.7 Å². The predicted molar refractivity (Wildman–Crippen MR) is 137 cm³/mol. The van der Waals surface area contributed by atoms with Crippen molar-refractivity contribution >= 4 is 44.1 Å². The first-order chi connectivity index (χ1) is 16.0. The molecule has 0 unspecified atom stereocenters. The number of thiazole rings is 1. The zero-order chi connectivity index (χ0) is 22.8. The molecule has 5 rings (SSSR count). The Morgan fingerprint density at radius 2 is 1.76 bits per heavy atom. The van der Waals surface area contributed by atoms with Gasteiger partial charge in [-0.25, -0.2) is 15.0 Å². The molecule has 0 spiro atoms. The number of fused-ring (bicyclic) bond motifs is 1. The molecular formula is C25H29N7S. The highest BCUT2D eigenvalue weighted by Gasteiger charge is 2.17. The first kappa shape index (κ1) is 21.8. The van der Waals surface area contributed by atoms with Crippen LogP contribution in [0.5, 0.6) is 0 Å². The number of pyridine rings is 2. The van der Waals surface area contributed by atoms with E-state index in [-0.39, 0.29) is 0 Å². The summed E-state index contributed by atoms with van der Waals surface area (Å²) >= 11 is 1.55. The number of likely N-dealkylation sites (N-methyl/N-ethyl adjacent to an activating group) is 1. The number of piperazine rings is 1. The minimum absolute atomic E-state index is 0.811. The fourth-order valence-corrected chi connectivity index (χ4v) is 4.90. The van der Waals surface area contributed by atoms with E-state index in [1.165, 1.54) is 11.1 Å². The van der Waals surface area contributed by atoms with Gasteiger partial charge in [-0.15, -0.1) is 0 Å². The fourth-order valence-electron chi connectivity index (χ4n) is 3.99. The molecule has 1 aliphatic rings. The minimum Gasteiger partial charge on any atom is -0.340 e. The van der Waals surface area contributed by atoms with Gasteiger partial charge in [-0.3, -0.25) is 4.90 Å². The molecule has 1 fully saturated rings. The highest BCUT2D eigenvalue weighted by Crippen LogP contribution is 2.31. The summed E-state index contributed by atoms with van der Waals surface area (Å²) < 4.78 is 0. The van der Waals surface area contributed by atoms with E-state index in [1.807, 2.05) is 18.3 Å². The molecule has 0 atom stereocenters. The maximum Gasteiger partial charge on any atom is 0.190 e. The summed E-state index contributed by atoms with van der Waals surface area (Å²) in [7, 11) is 2.18. The average Bonchev–Trinajstić information content (AvgIpc) is 3.21. The van der Waals surface area contributed by atoms with Crippen LogP contribution in [0, 0.1) is 13.8 Å². The Bertz CT molecular complexity index is 1240. The van der Waals surface area contributed by atoms with Gasteiger partial charge in [0.05, 0.1) is 0 Å². The highest BCUT2D eigenvalue weighted by molar-refractivity contribution is 7.21. The van der Waals surface area contributed by atoms with Crippen molar-refractivity contribution in [3.63, 3.8) is 0 Å². The van der Waals surface area contributed by atoms with Gasteiger partial charge in [-0.05, 0) is 50.7 Å². The van der Waals surface area contributed by atoms with Crippen LogP contribution in [0.3, 0.4) is 0 Å². The molecule has 0 aliphatic carbocycles. The monoisotopic (exact) mass is 459 g/mol. The van der Waals surface area contributed by atoms with Gasteiger partial charge < -0.3 is 15.5 Å². The molecule has 0 radical (unpaired) electrons. The third-order valence-corrected chi connectivity index (χ3v) is 6.85. The molecule has 0 saturated carbocycles. The molecular weight excluding hydrogens is 430 g/mol. The van der Waals surface area contributed by atoms with Crippen molar-refractivity contribution in [1.29, 1.82) is 0 Å². The standard InChI is InChI=1S/C25H29N7S/c1-17-6-8-20(9-7-17)27-21-15-18(2)22-24(28-21)33-25(29-22)30-23-19(5-4-10-26-23)16-32-13-11-31(3)12-14-32/h4-10,15H,11-14,16H2,1-3H3,(H,27,28)(H,26,29,30). The minimum atomic E-state index is 0.811. The van der Waals surface area contributed by atoms with Crippen LogP contribution in [0.1, 0.15) is 16.7 Å². The second-order valence-electron chi connectivity index (χ2n) is 8.70. The molecule has 2 N–H and O–H groups in total. The van der Waals surface area contributed by atoms with Crippen LogP contribution in [0.25, 0.3) is 10.3 Å². The second kappa shape index (κ2) is 9.43. The zero-order valence-electron chi connectivity index (χ0n) is 19.3. The summed E-state index contributed by atoms with van der Waals surface area (Å²) in [4.78, 5) is 20.0. The smallest absolute Gasteiger partial charge is 0.190 e. The van der Waals surface area contributed by atoms with Gasteiger partial charge in [0.15, 0.2) is 5.13 Å². The van der Waals surface area contributed by atoms with Crippen molar-refractivity contribution in [2.45, 2.75) is 20.4 Å². The van der Waals surface area contributed by atoms with E-state index in [2.05, 4.69) is 76.6 Å². The number of hydrogen-bond donors (Lipinski definition) is 2. The first-order valence-corrected chi connectivity index (χ1v) is 12.1. The molecule has 1 aliphatic heterocycles. The molecule has 0 amide bonds. The van der Waals surface area contributed by atoms with Crippen molar-refractivity contribution in [2.24, 2.45) is 0 Å². The Morgan fingerprint density at radius 3 is 2.55 bits per heavy atom. The quantitative estimate of drug-likeness (QED) is 0.423. The lowest BCUT2D eigenvalue weighted by molar-refractivity contribution is 0.148. The van der Waals surface area contributed by atoms with E-state index >= 15 is 0 Å². The van der Waals surface area contributed by atoms with Crippen LogP contribution in [0.4, 0.5) is 22.5 Å². The van der Waals surface area contributed by atoms with Gasteiger partial charge in [0.25, 0.3) is 0 Å². The first-order valence-electron chi connectivity index (χ1n) is 11.3. The van der Waals surface area contributed by atoms with Crippen LogP contribution in [-0.2, 0) is 6.54 Å². The maximum atomic E-state index is 4.82. The lowest BCUT2D eigenvalue weighted by Gasteiger charge is -2.32. The summed E-state index contributed by atoms with van der Waals surface area (Å²) in [6, 6.07) is 14.5. The normalized spacial score (nSPS) is 15.1. The van der Waals surface area contributed by atoms with Crippen molar-refractivity contribution in [3.05, 3.63) is 65.4 Å². The van der Waals surface area contributed by atoms with Gasteiger partial charge in [0, 0.05) is 50.2 Å². The number of aromatic nitrogens is 3. The third-order valence-electron chi connectivity index (χ3n) is 5.99.